The molecular weight excluding hydrogens is 267 g/mol. The molecule has 1 N–H and O–H groups in total. The van der Waals surface area contributed by atoms with Crippen molar-refractivity contribution in [2.45, 2.75) is 12.3 Å². The van der Waals surface area contributed by atoms with E-state index in [1.54, 1.807) is 12.1 Å². The fourth-order valence-corrected chi connectivity index (χ4v) is 2.59. The van der Waals surface area contributed by atoms with Crippen LogP contribution in [0.15, 0.2) is 48.5 Å². The molecule has 18 heavy (non-hydrogen) atoms. The minimum Gasteiger partial charge on any atom is -0.508 e. The van der Waals surface area contributed by atoms with E-state index in [0.717, 1.165) is 22.6 Å². The highest BCUT2D eigenvalue weighted by molar-refractivity contribution is 6.31. The second-order valence-electron chi connectivity index (χ2n) is 4.25. The zero-order valence-electron chi connectivity index (χ0n) is 9.81. The molecule has 0 aromatic heterocycles. The predicted molar refractivity (Wildman–Crippen MR) is 76.7 cm³/mol. The first kappa shape index (κ1) is 13.3. The van der Waals surface area contributed by atoms with Crippen LogP contribution in [0, 0.1) is 0 Å². The Bertz CT molecular complexity index is 525. The van der Waals surface area contributed by atoms with Crippen LogP contribution in [0.5, 0.6) is 5.75 Å². The lowest BCUT2D eigenvalue weighted by molar-refractivity contribution is 0.474. The minimum atomic E-state index is 0.155. The molecule has 2 aromatic rings. The van der Waals surface area contributed by atoms with Crippen LogP contribution in [0.2, 0.25) is 5.02 Å². The first-order chi connectivity index (χ1) is 8.70. The maximum atomic E-state index is 9.46. The fourth-order valence-electron chi connectivity index (χ4n) is 2.02. The Morgan fingerprint density at radius 3 is 2.50 bits per heavy atom. The van der Waals surface area contributed by atoms with Crippen LogP contribution in [0.3, 0.4) is 0 Å². The number of phenols is 1. The Morgan fingerprint density at radius 2 is 1.83 bits per heavy atom. The van der Waals surface area contributed by atoms with Gasteiger partial charge in [-0.3, -0.25) is 0 Å². The molecule has 0 saturated carbocycles. The number of alkyl halides is 1. The number of benzene rings is 2. The molecule has 0 amide bonds. The highest BCUT2D eigenvalue weighted by Crippen LogP contribution is 2.29. The second-order valence-corrected chi connectivity index (χ2v) is 4.96. The summed E-state index contributed by atoms with van der Waals surface area (Å²) in [6.45, 7) is 0. The van der Waals surface area contributed by atoms with E-state index in [9.17, 15) is 5.11 Å². The lowest BCUT2D eigenvalue weighted by Gasteiger charge is -2.16. The molecule has 1 atom stereocenters. The molecule has 2 aromatic carbocycles. The summed E-state index contributed by atoms with van der Waals surface area (Å²) >= 11 is 12.2. The van der Waals surface area contributed by atoms with Gasteiger partial charge in [-0.25, -0.2) is 0 Å². The van der Waals surface area contributed by atoms with Gasteiger partial charge in [-0.15, -0.1) is 11.6 Å². The quantitative estimate of drug-likeness (QED) is 0.811. The summed E-state index contributed by atoms with van der Waals surface area (Å²) in [7, 11) is 0. The van der Waals surface area contributed by atoms with E-state index in [2.05, 4.69) is 0 Å². The van der Waals surface area contributed by atoms with Gasteiger partial charge < -0.3 is 5.11 Å². The molecule has 0 radical (unpaired) electrons. The molecule has 0 bridgehead atoms. The maximum absolute atomic E-state index is 9.46. The minimum absolute atomic E-state index is 0.155. The largest absolute Gasteiger partial charge is 0.508 e. The molecule has 0 spiro atoms. The summed E-state index contributed by atoms with van der Waals surface area (Å²) in [6, 6.07) is 15.0. The zero-order valence-corrected chi connectivity index (χ0v) is 11.3. The summed E-state index contributed by atoms with van der Waals surface area (Å²) in [6.07, 6.45) is 0.766. The molecular formula is C15H14Cl2O. The van der Waals surface area contributed by atoms with Gasteiger partial charge in [0.15, 0.2) is 0 Å². The van der Waals surface area contributed by atoms with Crippen LogP contribution in [0.25, 0.3) is 0 Å². The summed E-state index contributed by atoms with van der Waals surface area (Å²) in [5.41, 5.74) is 2.11. The normalized spacial score (nSPS) is 12.3. The number of phenolic OH excluding ortho intramolecular Hbond substituents is 1. The molecule has 94 valence electrons. The van der Waals surface area contributed by atoms with Gasteiger partial charge in [0.25, 0.3) is 0 Å². The van der Waals surface area contributed by atoms with Crippen molar-refractivity contribution in [3.8, 4) is 5.75 Å². The monoisotopic (exact) mass is 280 g/mol. The molecule has 2 rings (SSSR count). The Kier molecular flexibility index (Phi) is 4.51. The third-order valence-electron chi connectivity index (χ3n) is 2.92. The van der Waals surface area contributed by atoms with E-state index in [4.69, 9.17) is 23.2 Å². The number of halogens is 2. The van der Waals surface area contributed by atoms with E-state index in [-0.39, 0.29) is 11.7 Å². The van der Waals surface area contributed by atoms with Gasteiger partial charge in [-0.1, -0.05) is 41.9 Å². The van der Waals surface area contributed by atoms with Crippen molar-refractivity contribution < 1.29 is 5.11 Å². The topological polar surface area (TPSA) is 20.2 Å². The van der Waals surface area contributed by atoms with Crippen LogP contribution >= 0.6 is 23.2 Å². The summed E-state index contributed by atoms with van der Waals surface area (Å²) in [4.78, 5) is 0. The molecule has 1 nitrogen and oxygen atoms in total. The average molecular weight is 281 g/mol. The fraction of sp³-hybridized carbons (Fsp3) is 0.200. The van der Waals surface area contributed by atoms with E-state index in [1.807, 2.05) is 36.4 Å². The molecule has 3 heteroatoms. The number of hydrogen-bond acceptors (Lipinski definition) is 1. The molecule has 0 aliphatic heterocycles. The highest BCUT2D eigenvalue weighted by Gasteiger charge is 2.14. The SMILES string of the molecule is Oc1cccc(CC(CCl)c2ccccc2Cl)c1. The Morgan fingerprint density at radius 1 is 1.06 bits per heavy atom. The molecule has 1 unspecified atom stereocenters. The first-order valence-corrected chi connectivity index (χ1v) is 6.70. The van der Waals surface area contributed by atoms with Crippen molar-refractivity contribution in [1.82, 2.24) is 0 Å². The van der Waals surface area contributed by atoms with Crippen molar-refractivity contribution in [2.24, 2.45) is 0 Å². The third kappa shape index (κ3) is 3.18. The summed E-state index contributed by atoms with van der Waals surface area (Å²) in [5, 5.41) is 10.2. The predicted octanol–water partition coefficient (Wildman–Crippen LogP) is 4.61. The van der Waals surface area contributed by atoms with Crippen molar-refractivity contribution in [3.05, 3.63) is 64.7 Å². The maximum Gasteiger partial charge on any atom is 0.115 e. The lowest BCUT2D eigenvalue weighted by Crippen LogP contribution is -2.05. The Hall–Kier alpha value is -1.18. The zero-order chi connectivity index (χ0) is 13.0. The van der Waals surface area contributed by atoms with Crippen LogP contribution < -0.4 is 0 Å². The number of rotatable bonds is 4. The van der Waals surface area contributed by atoms with Gasteiger partial charge in [-0.2, -0.15) is 0 Å². The van der Waals surface area contributed by atoms with Crippen molar-refractivity contribution in [3.63, 3.8) is 0 Å². The molecule has 0 aliphatic rings. The first-order valence-electron chi connectivity index (χ1n) is 5.79. The van der Waals surface area contributed by atoms with Crippen molar-refractivity contribution >= 4 is 23.2 Å². The Balaban J connectivity index is 2.23. The van der Waals surface area contributed by atoms with Gasteiger partial charge in [0, 0.05) is 16.8 Å². The molecule has 0 saturated heterocycles. The van der Waals surface area contributed by atoms with Crippen molar-refractivity contribution in [1.29, 1.82) is 0 Å². The lowest BCUT2D eigenvalue weighted by atomic mass is 9.93. The van der Waals surface area contributed by atoms with Crippen LogP contribution in [0.1, 0.15) is 17.0 Å². The van der Waals surface area contributed by atoms with Gasteiger partial charge in [-0.05, 0) is 35.7 Å². The van der Waals surface area contributed by atoms with E-state index < -0.39 is 0 Å². The molecule has 0 fully saturated rings. The van der Waals surface area contributed by atoms with E-state index in [1.165, 1.54) is 0 Å². The van der Waals surface area contributed by atoms with E-state index in [0.29, 0.717) is 5.88 Å². The van der Waals surface area contributed by atoms with Gasteiger partial charge in [0.2, 0.25) is 0 Å². The van der Waals surface area contributed by atoms with Crippen LogP contribution in [-0.4, -0.2) is 11.0 Å². The number of hydrogen-bond donors (Lipinski definition) is 1. The van der Waals surface area contributed by atoms with Crippen LogP contribution in [-0.2, 0) is 6.42 Å². The molecule has 0 aliphatic carbocycles. The van der Waals surface area contributed by atoms with Crippen LogP contribution in [0.4, 0.5) is 0 Å². The average Bonchev–Trinajstić information content (AvgIpc) is 2.37. The second kappa shape index (κ2) is 6.12. The third-order valence-corrected chi connectivity index (χ3v) is 3.64. The van der Waals surface area contributed by atoms with Gasteiger partial charge in [0.1, 0.15) is 5.75 Å². The summed E-state index contributed by atoms with van der Waals surface area (Å²) < 4.78 is 0. The van der Waals surface area contributed by atoms with E-state index >= 15 is 0 Å². The molecule has 0 heterocycles. The summed E-state index contributed by atoms with van der Waals surface area (Å²) in [5.74, 6) is 0.932. The standard InChI is InChI=1S/C15H14Cl2O/c16-10-12(14-6-1-2-7-15(14)17)8-11-4-3-5-13(18)9-11/h1-7,9,12,18H,8,10H2. The smallest absolute Gasteiger partial charge is 0.115 e. The van der Waals surface area contributed by atoms with Gasteiger partial charge in [0.05, 0.1) is 0 Å². The highest BCUT2D eigenvalue weighted by atomic mass is 35.5. The van der Waals surface area contributed by atoms with Gasteiger partial charge >= 0.3 is 0 Å². The number of aromatic hydroxyl groups is 1. The Labute approximate surface area is 117 Å². The van der Waals surface area contributed by atoms with Crippen molar-refractivity contribution in [2.75, 3.05) is 5.88 Å².